The molecule has 0 aliphatic rings. The number of pyridine rings is 1. The predicted molar refractivity (Wildman–Crippen MR) is 49.1 cm³/mol. The Morgan fingerprint density at radius 1 is 1.58 bits per heavy atom. The Kier molecular flexibility index (Phi) is 3.77. The molecular formula is C9H10ClNO. The number of aromatic nitrogens is 1. The lowest BCUT2D eigenvalue weighted by atomic mass is 10.3. The molecule has 0 saturated carbocycles. The molecule has 0 bridgehead atoms. The SMILES string of the molecule is C=CCOCc1ccc(Cl)nc1. The molecule has 0 aromatic carbocycles. The van der Waals surface area contributed by atoms with Gasteiger partial charge in [-0.05, 0) is 11.6 Å². The molecule has 0 radical (unpaired) electrons. The van der Waals surface area contributed by atoms with Crippen LogP contribution in [0.15, 0.2) is 31.0 Å². The fourth-order valence-electron chi connectivity index (χ4n) is 0.752. The molecule has 12 heavy (non-hydrogen) atoms. The molecule has 0 fully saturated rings. The van der Waals surface area contributed by atoms with Crippen molar-refractivity contribution in [3.05, 3.63) is 41.7 Å². The van der Waals surface area contributed by atoms with Crippen molar-refractivity contribution < 1.29 is 4.74 Å². The third-order valence-electron chi connectivity index (χ3n) is 1.29. The number of hydrogen-bond donors (Lipinski definition) is 0. The van der Waals surface area contributed by atoms with Gasteiger partial charge in [-0.2, -0.15) is 0 Å². The van der Waals surface area contributed by atoms with E-state index in [0.717, 1.165) is 5.56 Å². The minimum atomic E-state index is 0.502. The number of rotatable bonds is 4. The summed E-state index contributed by atoms with van der Waals surface area (Å²) in [6, 6.07) is 3.63. The summed E-state index contributed by atoms with van der Waals surface area (Å²) < 4.78 is 5.21. The van der Waals surface area contributed by atoms with Gasteiger partial charge >= 0.3 is 0 Å². The summed E-state index contributed by atoms with van der Waals surface area (Å²) in [6.07, 6.45) is 3.41. The molecule has 0 amide bonds. The Morgan fingerprint density at radius 3 is 3.00 bits per heavy atom. The topological polar surface area (TPSA) is 22.1 Å². The van der Waals surface area contributed by atoms with Crippen LogP contribution < -0.4 is 0 Å². The van der Waals surface area contributed by atoms with Gasteiger partial charge in [0, 0.05) is 6.20 Å². The molecule has 0 unspecified atom stereocenters. The number of ether oxygens (including phenoxy) is 1. The van der Waals surface area contributed by atoms with Gasteiger partial charge in [-0.1, -0.05) is 23.7 Å². The number of nitrogens with zero attached hydrogens (tertiary/aromatic N) is 1. The van der Waals surface area contributed by atoms with Crippen LogP contribution in [0.5, 0.6) is 0 Å². The normalized spacial score (nSPS) is 9.75. The van der Waals surface area contributed by atoms with Crippen LogP contribution in [-0.2, 0) is 11.3 Å². The Balaban J connectivity index is 2.42. The maximum absolute atomic E-state index is 5.60. The zero-order valence-electron chi connectivity index (χ0n) is 6.66. The molecule has 0 aliphatic heterocycles. The van der Waals surface area contributed by atoms with Crippen molar-refractivity contribution in [3.63, 3.8) is 0 Å². The maximum Gasteiger partial charge on any atom is 0.129 e. The van der Waals surface area contributed by atoms with Gasteiger partial charge < -0.3 is 4.74 Å². The van der Waals surface area contributed by atoms with Crippen molar-refractivity contribution in [1.29, 1.82) is 0 Å². The van der Waals surface area contributed by atoms with Crippen molar-refractivity contribution in [1.82, 2.24) is 4.98 Å². The molecule has 0 atom stereocenters. The average molecular weight is 184 g/mol. The second kappa shape index (κ2) is 4.91. The molecule has 2 nitrogen and oxygen atoms in total. The summed E-state index contributed by atoms with van der Waals surface area (Å²) >= 11 is 5.60. The molecule has 0 N–H and O–H groups in total. The summed E-state index contributed by atoms with van der Waals surface area (Å²) in [6.45, 7) is 4.65. The highest BCUT2D eigenvalue weighted by Crippen LogP contribution is 2.05. The first kappa shape index (κ1) is 9.23. The van der Waals surface area contributed by atoms with Crippen LogP contribution in [0, 0.1) is 0 Å². The van der Waals surface area contributed by atoms with Crippen LogP contribution in [0.4, 0.5) is 0 Å². The van der Waals surface area contributed by atoms with E-state index in [4.69, 9.17) is 16.3 Å². The smallest absolute Gasteiger partial charge is 0.129 e. The molecule has 0 saturated heterocycles. The van der Waals surface area contributed by atoms with E-state index in [2.05, 4.69) is 11.6 Å². The highest BCUT2D eigenvalue weighted by molar-refractivity contribution is 6.29. The molecule has 1 aromatic heterocycles. The summed E-state index contributed by atoms with van der Waals surface area (Å²) in [5.74, 6) is 0. The monoisotopic (exact) mass is 183 g/mol. The van der Waals surface area contributed by atoms with E-state index in [1.54, 1.807) is 18.3 Å². The fourth-order valence-corrected chi connectivity index (χ4v) is 0.864. The Labute approximate surface area is 76.8 Å². The summed E-state index contributed by atoms with van der Waals surface area (Å²) in [7, 11) is 0. The van der Waals surface area contributed by atoms with Gasteiger partial charge in [0.25, 0.3) is 0 Å². The summed E-state index contributed by atoms with van der Waals surface area (Å²) in [5.41, 5.74) is 1.02. The molecule has 64 valence electrons. The van der Waals surface area contributed by atoms with Crippen molar-refractivity contribution in [3.8, 4) is 0 Å². The van der Waals surface area contributed by atoms with E-state index in [0.29, 0.717) is 18.4 Å². The summed E-state index contributed by atoms with van der Waals surface area (Å²) in [4.78, 5) is 3.92. The zero-order chi connectivity index (χ0) is 8.81. The highest BCUT2D eigenvalue weighted by atomic mass is 35.5. The van der Waals surface area contributed by atoms with Gasteiger partial charge in [0.15, 0.2) is 0 Å². The molecule has 0 aliphatic carbocycles. The molecule has 0 spiro atoms. The lowest BCUT2D eigenvalue weighted by molar-refractivity contribution is 0.148. The number of halogens is 1. The van der Waals surface area contributed by atoms with Crippen molar-refractivity contribution in [2.24, 2.45) is 0 Å². The van der Waals surface area contributed by atoms with Crippen LogP contribution in [0.1, 0.15) is 5.56 Å². The van der Waals surface area contributed by atoms with Gasteiger partial charge in [-0.15, -0.1) is 6.58 Å². The van der Waals surface area contributed by atoms with E-state index >= 15 is 0 Å². The predicted octanol–water partition coefficient (Wildman–Crippen LogP) is 2.44. The van der Waals surface area contributed by atoms with E-state index in [1.807, 2.05) is 6.07 Å². The lowest BCUT2D eigenvalue weighted by Gasteiger charge is -2.00. The van der Waals surface area contributed by atoms with Crippen molar-refractivity contribution in [2.75, 3.05) is 6.61 Å². The lowest BCUT2D eigenvalue weighted by Crippen LogP contribution is -1.92. The zero-order valence-corrected chi connectivity index (χ0v) is 7.42. The number of hydrogen-bond acceptors (Lipinski definition) is 2. The molecule has 1 aromatic rings. The molecule has 3 heteroatoms. The van der Waals surface area contributed by atoms with Crippen LogP contribution >= 0.6 is 11.6 Å². The van der Waals surface area contributed by atoms with Crippen LogP contribution in [0.3, 0.4) is 0 Å². The first-order valence-corrected chi connectivity index (χ1v) is 4.00. The Bertz CT molecular complexity index is 245. The standard InChI is InChI=1S/C9H10ClNO/c1-2-5-12-7-8-3-4-9(10)11-6-8/h2-4,6H,1,5,7H2. The largest absolute Gasteiger partial charge is 0.373 e. The molecule has 1 heterocycles. The summed E-state index contributed by atoms with van der Waals surface area (Å²) in [5, 5.41) is 0.502. The van der Waals surface area contributed by atoms with Gasteiger partial charge in [-0.3, -0.25) is 0 Å². The van der Waals surface area contributed by atoms with Crippen molar-refractivity contribution >= 4 is 11.6 Å². The van der Waals surface area contributed by atoms with Gasteiger partial charge in [-0.25, -0.2) is 4.98 Å². The third kappa shape index (κ3) is 3.03. The van der Waals surface area contributed by atoms with Crippen LogP contribution in [0.25, 0.3) is 0 Å². The minimum absolute atomic E-state index is 0.502. The quantitative estimate of drug-likeness (QED) is 0.407. The first-order chi connectivity index (χ1) is 5.83. The highest BCUT2D eigenvalue weighted by Gasteiger charge is 1.92. The van der Waals surface area contributed by atoms with Gasteiger partial charge in [0.1, 0.15) is 5.15 Å². The Hall–Kier alpha value is -0.860. The Morgan fingerprint density at radius 2 is 2.42 bits per heavy atom. The molecular weight excluding hydrogens is 174 g/mol. The van der Waals surface area contributed by atoms with E-state index in [9.17, 15) is 0 Å². The first-order valence-electron chi connectivity index (χ1n) is 3.62. The van der Waals surface area contributed by atoms with Crippen LogP contribution in [-0.4, -0.2) is 11.6 Å². The van der Waals surface area contributed by atoms with Crippen molar-refractivity contribution in [2.45, 2.75) is 6.61 Å². The molecule has 1 rings (SSSR count). The maximum atomic E-state index is 5.60. The van der Waals surface area contributed by atoms with E-state index in [-0.39, 0.29) is 0 Å². The second-order valence-corrected chi connectivity index (χ2v) is 2.68. The van der Waals surface area contributed by atoms with Crippen LogP contribution in [0.2, 0.25) is 5.15 Å². The van der Waals surface area contributed by atoms with Gasteiger partial charge in [0.05, 0.1) is 13.2 Å². The van der Waals surface area contributed by atoms with E-state index in [1.165, 1.54) is 0 Å². The minimum Gasteiger partial charge on any atom is -0.373 e. The van der Waals surface area contributed by atoms with Gasteiger partial charge in [0.2, 0.25) is 0 Å². The third-order valence-corrected chi connectivity index (χ3v) is 1.52. The second-order valence-electron chi connectivity index (χ2n) is 2.29. The van der Waals surface area contributed by atoms with E-state index < -0.39 is 0 Å². The fraction of sp³-hybridized carbons (Fsp3) is 0.222. The average Bonchev–Trinajstić information content (AvgIpc) is 2.09.